The molecule has 3 nitrogen and oxygen atoms in total. The molecule has 19 heavy (non-hydrogen) atoms. The number of hydrogen-bond donors (Lipinski definition) is 2. The van der Waals surface area contributed by atoms with Gasteiger partial charge in [0.25, 0.3) is 0 Å². The molecule has 0 atom stereocenters. The molecule has 0 saturated carbocycles. The largest absolute Gasteiger partial charge is 0.381 e. The average Bonchev–Trinajstić information content (AvgIpc) is 2.39. The van der Waals surface area contributed by atoms with E-state index in [1.165, 1.54) is 10.5 Å². The number of benzene rings is 2. The highest BCUT2D eigenvalue weighted by Gasteiger charge is 2.03. The van der Waals surface area contributed by atoms with Crippen LogP contribution >= 0.6 is 22.6 Å². The molecule has 2 aromatic rings. The van der Waals surface area contributed by atoms with Gasteiger partial charge in [0.2, 0.25) is 5.91 Å². The van der Waals surface area contributed by atoms with Crippen molar-refractivity contribution in [2.45, 2.75) is 13.5 Å². The minimum atomic E-state index is -0.0540. The predicted molar refractivity (Wildman–Crippen MR) is 87.2 cm³/mol. The Morgan fingerprint density at radius 3 is 2.47 bits per heavy atom. The van der Waals surface area contributed by atoms with Crippen molar-refractivity contribution < 1.29 is 4.79 Å². The molecule has 0 bridgehead atoms. The van der Waals surface area contributed by atoms with Crippen LogP contribution < -0.4 is 10.6 Å². The minimum Gasteiger partial charge on any atom is -0.381 e. The van der Waals surface area contributed by atoms with Crippen molar-refractivity contribution in [3.05, 3.63) is 57.7 Å². The van der Waals surface area contributed by atoms with Crippen LogP contribution in [0.15, 0.2) is 48.5 Å². The first-order valence-electron chi connectivity index (χ1n) is 6.00. The van der Waals surface area contributed by atoms with Gasteiger partial charge in [0.1, 0.15) is 0 Å². The highest BCUT2D eigenvalue weighted by atomic mass is 127. The van der Waals surface area contributed by atoms with Crippen LogP contribution in [0.4, 0.5) is 11.4 Å². The summed E-state index contributed by atoms with van der Waals surface area (Å²) in [6.45, 7) is 2.19. The third kappa shape index (κ3) is 4.24. The Bertz CT molecular complexity index is 567. The molecule has 0 radical (unpaired) electrons. The number of halogens is 1. The van der Waals surface area contributed by atoms with Crippen LogP contribution in [-0.4, -0.2) is 5.91 Å². The van der Waals surface area contributed by atoms with Crippen LogP contribution in [0.5, 0.6) is 0 Å². The summed E-state index contributed by atoms with van der Waals surface area (Å²) in [5, 5.41) is 6.19. The molecule has 0 aliphatic heterocycles. The molecular formula is C15H15IN2O. The van der Waals surface area contributed by atoms with Gasteiger partial charge in [0.15, 0.2) is 0 Å². The molecule has 0 spiro atoms. The summed E-state index contributed by atoms with van der Waals surface area (Å²) in [4.78, 5) is 11.1. The minimum absolute atomic E-state index is 0.0540. The fourth-order valence-corrected chi connectivity index (χ4v) is 2.11. The van der Waals surface area contributed by atoms with Gasteiger partial charge < -0.3 is 10.6 Å². The Hall–Kier alpha value is -1.56. The molecule has 0 aliphatic rings. The molecule has 0 saturated heterocycles. The summed E-state index contributed by atoms with van der Waals surface area (Å²) in [6.07, 6.45) is 0. The zero-order chi connectivity index (χ0) is 13.7. The molecule has 0 fully saturated rings. The van der Waals surface area contributed by atoms with Crippen molar-refractivity contribution in [2.75, 3.05) is 10.6 Å². The lowest BCUT2D eigenvalue weighted by Crippen LogP contribution is -2.10. The van der Waals surface area contributed by atoms with E-state index in [0.29, 0.717) is 6.54 Å². The number of hydrogen-bond acceptors (Lipinski definition) is 2. The smallest absolute Gasteiger partial charge is 0.221 e. The van der Waals surface area contributed by atoms with Crippen molar-refractivity contribution >= 4 is 39.9 Å². The maximum atomic E-state index is 11.1. The summed E-state index contributed by atoms with van der Waals surface area (Å²) in [7, 11) is 0. The summed E-state index contributed by atoms with van der Waals surface area (Å²) in [5.41, 5.74) is 2.99. The van der Waals surface area contributed by atoms with E-state index in [1.807, 2.05) is 36.4 Å². The zero-order valence-corrected chi connectivity index (χ0v) is 12.8. The van der Waals surface area contributed by atoms with E-state index in [2.05, 4.69) is 45.4 Å². The zero-order valence-electron chi connectivity index (χ0n) is 10.6. The van der Waals surface area contributed by atoms with Crippen LogP contribution in [0.1, 0.15) is 12.5 Å². The number of carbonyl (C=O) groups excluding carboxylic acids is 1. The van der Waals surface area contributed by atoms with E-state index in [9.17, 15) is 4.79 Å². The number of amides is 1. The molecular weight excluding hydrogens is 351 g/mol. The fourth-order valence-electron chi connectivity index (χ4n) is 1.75. The Balaban J connectivity index is 2.06. The van der Waals surface area contributed by atoms with Gasteiger partial charge in [-0.05, 0) is 58.5 Å². The fraction of sp³-hybridized carbons (Fsp3) is 0.133. The molecule has 0 aliphatic carbocycles. The number of anilines is 2. The number of carbonyl (C=O) groups is 1. The lowest BCUT2D eigenvalue weighted by molar-refractivity contribution is -0.114. The lowest BCUT2D eigenvalue weighted by atomic mass is 10.1. The van der Waals surface area contributed by atoms with Crippen molar-refractivity contribution in [3.8, 4) is 0 Å². The van der Waals surface area contributed by atoms with E-state index in [-0.39, 0.29) is 5.91 Å². The average molecular weight is 366 g/mol. The van der Waals surface area contributed by atoms with Crippen LogP contribution in [0, 0.1) is 3.57 Å². The number of rotatable bonds is 4. The highest BCUT2D eigenvalue weighted by Crippen LogP contribution is 2.17. The van der Waals surface area contributed by atoms with Crippen LogP contribution in [-0.2, 0) is 11.3 Å². The van der Waals surface area contributed by atoms with Crippen molar-refractivity contribution in [3.63, 3.8) is 0 Å². The van der Waals surface area contributed by atoms with Crippen molar-refractivity contribution in [1.29, 1.82) is 0 Å². The summed E-state index contributed by atoms with van der Waals surface area (Å²) < 4.78 is 1.21. The van der Waals surface area contributed by atoms with E-state index in [4.69, 9.17) is 0 Å². The van der Waals surface area contributed by atoms with Gasteiger partial charge in [-0.2, -0.15) is 0 Å². The number of para-hydroxylation sites is 1. The SMILES string of the molecule is CC(=O)Nc1ccccc1CNc1ccc(I)cc1. The van der Waals surface area contributed by atoms with E-state index >= 15 is 0 Å². The Morgan fingerprint density at radius 1 is 1.11 bits per heavy atom. The first kappa shape index (κ1) is 13.9. The maximum Gasteiger partial charge on any atom is 0.221 e. The summed E-state index contributed by atoms with van der Waals surface area (Å²) >= 11 is 2.28. The second kappa shape index (κ2) is 6.56. The highest BCUT2D eigenvalue weighted by molar-refractivity contribution is 14.1. The van der Waals surface area contributed by atoms with Gasteiger partial charge in [-0.3, -0.25) is 4.79 Å². The molecule has 1 amide bonds. The van der Waals surface area contributed by atoms with E-state index in [1.54, 1.807) is 0 Å². The van der Waals surface area contributed by atoms with Crippen LogP contribution in [0.3, 0.4) is 0 Å². The van der Waals surface area contributed by atoms with Gasteiger partial charge in [-0.15, -0.1) is 0 Å². The summed E-state index contributed by atoms with van der Waals surface area (Å²) in [5.74, 6) is -0.0540. The number of nitrogens with one attached hydrogen (secondary N) is 2. The summed E-state index contributed by atoms with van der Waals surface area (Å²) in [6, 6.07) is 16.0. The second-order valence-electron chi connectivity index (χ2n) is 4.20. The molecule has 2 aromatic carbocycles. The third-order valence-corrected chi connectivity index (χ3v) is 3.37. The molecule has 0 unspecified atom stereocenters. The Morgan fingerprint density at radius 2 is 1.79 bits per heavy atom. The van der Waals surface area contributed by atoms with Gasteiger partial charge in [0.05, 0.1) is 0 Å². The van der Waals surface area contributed by atoms with Gasteiger partial charge in [-0.25, -0.2) is 0 Å². The van der Waals surface area contributed by atoms with Gasteiger partial charge >= 0.3 is 0 Å². The molecule has 98 valence electrons. The molecule has 0 aromatic heterocycles. The quantitative estimate of drug-likeness (QED) is 0.807. The van der Waals surface area contributed by atoms with Gasteiger partial charge in [-0.1, -0.05) is 18.2 Å². The van der Waals surface area contributed by atoms with E-state index < -0.39 is 0 Å². The maximum absolute atomic E-state index is 11.1. The first-order valence-corrected chi connectivity index (χ1v) is 7.08. The molecule has 0 heterocycles. The predicted octanol–water partition coefficient (Wildman–Crippen LogP) is 3.86. The Labute approximate surface area is 126 Å². The Kier molecular flexibility index (Phi) is 4.79. The van der Waals surface area contributed by atoms with Gasteiger partial charge in [0, 0.05) is 28.4 Å². The van der Waals surface area contributed by atoms with Crippen molar-refractivity contribution in [2.24, 2.45) is 0 Å². The normalized spacial score (nSPS) is 10.0. The topological polar surface area (TPSA) is 41.1 Å². The van der Waals surface area contributed by atoms with E-state index in [0.717, 1.165) is 16.9 Å². The second-order valence-corrected chi connectivity index (χ2v) is 5.44. The van der Waals surface area contributed by atoms with Crippen LogP contribution in [0.2, 0.25) is 0 Å². The molecule has 2 N–H and O–H groups in total. The van der Waals surface area contributed by atoms with Crippen LogP contribution in [0.25, 0.3) is 0 Å². The monoisotopic (exact) mass is 366 g/mol. The molecule has 2 rings (SSSR count). The third-order valence-electron chi connectivity index (χ3n) is 2.66. The lowest BCUT2D eigenvalue weighted by Gasteiger charge is -2.11. The van der Waals surface area contributed by atoms with Crippen molar-refractivity contribution in [1.82, 2.24) is 0 Å². The standard InChI is InChI=1S/C15H15IN2O/c1-11(19)18-15-5-3-2-4-12(15)10-17-14-8-6-13(16)7-9-14/h2-9,17H,10H2,1H3,(H,18,19). The first-order chi connectivity index (χ1) is 9.15. The molecule has 4 heteroatoms.